The van der Waals surface area contributed by atoms with E-state index in [9.17, 15) is 13.2 Å². The van der Waals surface area contributed by atoms with Gasteiger partial charge in [-0.2, -0.15) is 0 Å². The molecule has 1 aromatic heterocycles. The molecule has 0 atom stereocenters. The number of hydrogen-bond acceptors (Lipinski definition) is 8. The fourth-order valence-corrected chi connectivity index (χ4v) is 3.73. The summed E-state index contributed by atoms with van der Waals surface area (Å²) in [6.07, 6.45) is -0.172. The van der Waals surface area contributed by atoms with Crippen LogP contribution in [0.25, 0.3) is 0 Å². The van der Waals surface area contributed by atoms with Gasteiger partial charge in [-0.15, -0.1) is 0 Å². The van der Waals surface area contributed by atoms with Gasteiger partial charge in [0.1, 0.15) is 11.6 Å². The van der Waals surface area contributed by atoms with Gasteiger partial charge in [0.15, 0.2) is 15.0 Å². The Kier molecular flexibility index (Phi) is 5.36. The predicted octanol–water partition coefficient (Wildman–Crippen LogP) is -0.977. The molecule has 0 aliphatic carbocycles. The molecule has 106 valence electrons. The molecule has 0 bridgehead atoms. The number of rotatable bonds is 7. The van der Waals surface area contributed by atoms with Crippen molar-refractivity contribution in [1.82, 2.24) is 9.97 Å². The highest BCUT2D eigenvalue weighted by Crippen LogP contribution is 2.16. The smallest absolute Gasteiger partial charge is 0.218 e. The van der Waals surface area contributed by atoms with Gasteiger partial charge in [-0.1, -0.05) is 11.8 Å². The molecule has 19 heavy (non-hydrogen) atoms. The molecule has 8 nitrogen and oxygen atoms in total. The highest BCUT2D eigenvalue weighted by molar-refractivity contribution is 8.00. The molecule has 10 heteroatoms. The standard InChI is InChI=1S/C9H15N5O3S2/c10-6-5-7(11)14-9(13-6)18-2-4-19(16,17)3-1-8(12)15/h5H,1-4H2,(H2,12,15)(H4,10,11,13,14). The summed E-state index contributed by atoms with van der Waals surface area (Å²) in [5.41, 5.74) is 15.9. The number of amides is 1. The maximum Gasteiger partial charge on any atom is 0.218 e. The molecule has 0 saturated carbocycles. The summed E-state index contributed by atoms with van der Waals surface area (Å²) < 4.78 is 23.1. The minimum Gasteiger partial charge on any atom is -0.383 e. The molecule has 0 unspecified atom stereocenters. The largest absolute Gasteiger partial charge is 0.383 e. The number of thioether (sulfide) groups is 1. The van der Waals surface area contributed by atoms with Crippen molar-refractivity contribution in [3.8, 4) is 0 Å². The molecule has 1 heterocycles. The molecule has 0 saturated heterocycles. The van der Waals surface area contributed by atoms with Crippen molar-refractivity contribution in [1.29, 1.82) is 0 Å². The topological polar surface area (TPSA) is 155 Å². The molecule has 0 aliphatic heterocycles. The lowest BCUT2D eigenvalue weighted by Crippen LogP contribution is -2.19. The average Bonchev–Trinajstić information content (AvgIpc) is 2.25. The van der Waals surface area contributed by atoms with Gasteiger partial charge in [0.2, 0.25) is 5.91 Å². The van der Waals surface area contributed by atoms with Gasteiger partial charge in [0.05, 0.1) is 11.5 Å². The summed E-state index contributed by atoms with van der Waals surface area (Å²) >= 11 is 1.13. The predicted molar refractivity (Wildman–Crippen MR) is 74.0 cm³/mol. The quantitative estimate of drug-likeness (QED) is 0.429. The third kappa shape index (κ3) is 6.25. The summed E-state index contributed by atoms with van der Waals surface area (Å²) in [6, 6.07) is 1.41. The zero-order valence-electron chi connectivity index (χ0n) is 10.1. The summed E-state index contributed by atoms with van der Waals surface area (Å²) in [5, 5.41) is 0.322. The van der Waals surface area contributed by atoms with Gasteiger partial charge in [-0.05, 0) is 0 Å². The molecule has 0 radical (unpaired) electrons. The molecule has 0 fully saturated rings. The second kappa shape index (κ2) is 6.57. The lowest BCUT2D eigenvalue weighted by atomic mass is 10.5. The van der Waals surface area contributed by atoms with Crippen LogP contribution in [0.5, 0.6) is 0 Å². The maximum absolute atomic E-state index is 11.5. The Morgan fingerprint density at radius 1 is 1.21 bits per heavy atom. The number of nitrogens with zero attached hydrogens (tertiary/aromatic N) is 2. The van der Waals surface area contributed by atoms with Crippen LogP contribution in [-0.4, -0.2) is 41.6 Å². The number of primary amides is 1. The van der Waals surface area contributed by atoms with Crippen molar-refractivity contribution in [3.05, 3.63) is 6.07 Å². The molecule has 1 rings (SSSR count). The second-order valence-electron chi connectivity index (χ2n) is 3.72. The Balaban J connectivity index is 2.47. The first kappa shape index (κ1) is 15.5. The van der Waals surface area contributed by atoms with E-state index < -0.39 is 15.7 Å². The van der Waals surface area contributed by atoms with E-state index in [0.29, 0.717) is 5.16 Å². The Bertz CT molecular complexity index is 541. The first-order chi connectivity index (χ1) is 8.78. The lowest BCUT2D eigenvalue weighted by Gasteiger charge is -2.04. The number of sulfone groups is 1. The van der Waals surface area contributed by atoms with E-state index in [1.165, 1.54) is 6.07 Å². The molecule has 0 aromatic carbocycles. The number of carbonyl (C=O) groups is 1. The van der Waals surface area contributed by atoms with Gasteiger partial charge in [0.25, 0.3) is 0 Å². The first-order valence-electron chi connectivity index (χ1n) is 5.30. The summed E-state index contributed by atoms with van der Waals surface area (Å²) in [5.74, 6) is -0.267. The van der Waals surface area contributed by atoms with Crippen molar-refractivity contribution in [2.45, 2.75) is 11.6 Å². The number of nitrogen functional groups attached to an aromatic ring is 2. The zero-order valence-corrected chi connectivity index (χ0v) is 11.7. The summed E-state index contributed by atoms with van der Waals surface area (Å²) in [6.45, 7) is 0. The van der Waals surface area contributed by atoms with Crippen LogP contribution in [0.2, 0.25) is 0 Å². The first-order valence-corrected chi connectivity index (χ1v) is 8.11. The van der Waals surface area contributed by atoms with Crippen LogP contribution >= 0.6 is 11.8 Å². The van der Waals surface area contributed by atoms with Gasteiger partial charge >= 0.3 is 0 Å². The van der Waals surface area contributed by atoms with Crippen molar-refractivity contribution in [2.75, 3.05) is 28.7 Å². The molecule has 1 aromatic rings. The van der Waals surface area contributed by atoms with Crippen LogP contribution in [0.3, 0.4) is 0 Å². The average molecular weight is 305 g/mol. The fraction of sp³-hybridized carbons (Fsp3) is 0.444. The Morgan fingerprint density at radius 3 is 2.32 bits per heavy atom. The van der Waals surface area contributed by atoms with Crippen molar-refractivity contribution in [3.63, 3.8) is 0 Å². The van der Waals surface area contributed by atoms with Crippen LogP contribution in [0, 0.1) is 0 Å². The highest BCUT2D eigenvalue weighted by atomic mass is 32.2. The van der Waals surface area contributed by atoms with Crippen molar-refractivity contribution >= 4 is 39.1 Å². The summed E-state index contributed by atoms with van der Waals surface area (Å²) in [7, 11) is -3.31. The number of hydrogen-bond donors (Lipinski definition) is 3. The number of carbonyl (C=O) groups excluding carboxylic acids is 1. The van der Waals surface area contributed by atoms with Crippen LogP contribution in [0.15, 0.2) is 11.2 Å². The molecular formula is C9H15N5O3S2. The molecule has 0 aliphatic rings. The normalized spacial score (nSPS) is 11.4. The van der Waals surface area contributed by atoms with E-state index in [0.717, 1.165) is 11.8 Å². The number of anilines is 2. The monoisotopic (exact) mass is 305 g/mol. The van der Waals surface area contributed by atoms with Crippen LogP contribution in [0.4, 0.5) is 11.6 Å². The van der Waals surface area contributed by atoms with Gasteiger partial charge in [-0.25, -0.2) is 18.4 Å². The Morgan fingerprint density at radius 2 is 1.79 bits per heavy atom. The van der Waals surface area contributed by atoms with E-state index in [1.807, 2.05) is 0 Å². The van der Waals surface area contributed by atoms with Crippen LogP contribution in [-0.2, 0) is 14.6 Å². The third-order valence-electron chi connectivity index (χ3n) is 2.03. The Hall–Kier alpha value is -1.55. The van der Waals surface area contributed by atoms with Gasteiger partial charge < -0.3 is 17.2 Å². The van der Waals surface area contributed by atoms with Crippen LogP contribution < -0.4 is 17.2 Å². The lowest BCUT2D eigenvalue weighted by molar-refractivity contribution is -0.117. The third-order valence-corrected chi connectivity index (χ3v) is 4.79. The minimum atomic E-state index is -3.31. The number of nitrogens with two attached hydrogens (primary N) is 3. The minimum absolute atomic E-state index is 0.0942. The number of aromatic nitrogens is 2. The Labute approximate surface area is 115 Å². The van der Waals surface area contributed by atoms with Crippen LogP contribution in [0.1, 0.15) is 6.42 Å². The molecule has 0 spiro atoms. The van der Waals surface area contributed by atoms with Gasteiger partial charge in [0, 0.05) is 18.2 Å². The molecule has 1 amide bonds. The fourth-order valence-electron chi connectivity index (χ4n) is 1.14. The van der Waals surface area contributed by atoms with Crippen molar-refractivity contribution < 1.29 is 13.2 Å². The van der Waals surface area contributed by atoms with E-state index in [1.54, 1.807) is 0 Å². The molecular weight excluding hydrogens is 290 g/mol. The summed E-state index contributed by atoms with van der Waals surface area (Å²) in [4.78, 5) is 18.3. The van der Waals surface area contributed by atoms with Gasteiger partial charge in [-0.3, -0.25) is 4.79 Å². The van der Waals surface area contributed by atoms with E-state index in [-0.39, 0.29) is 35.3 Å². The SMILES string of the molecule is NC(=O)CCS(=O)(=O)CCSc1nc(N)cc(N)n1. The zero-order chi connectivity index (χ0) is 14.5. The van der Waals surface area contributed by atoms with E-state index >= 15 is 0 Å². The highest BCUT2D eigenvalue weighted by Gasteiger charge is 2.13. The van der Waals surface area contributed by atoms with E-state index in [4.69, 9.17) is 17.2 Å². The van der Waals surface area contributed by atoms with E-state index in [2.05, 4.69) is 9.97 Å². The second-order valence-corrected chi connectivity index (χ2v) is 7.08. The molecule has 6 N–H and O–H groups in total. The maximum atomic E-state index is 11.5. The van der Waals surface area contributed by atoms with Crippen molar-refractivity contribution in [2.24, 2.45) is 5.73 Å².